The molecule has 1 aromatic carbocycles. The number of pyridine rings is 1. The number of aryl methyl sites for hydroxylation is 1. The van der Waals surface area contributed by atoms with Crippen LogP contribution in [0.15, 0.2) is 47.6 Å². The molecule has 1 aliphatic rings. The molecule has 28 heavy (non-hydrogen) atoms. The van der Waals surface area contributed by atoms with Gasteiger partial charge in [0.15, 0.2) is 5.96 Å². The van der Waals surface area contributed by atoms with Gasteiger partial charge in [0.25, 0.3) is 0 Å². The second kappa shape index (κ2) is 10.9. The largest absolute Gasteiger partial charge is 0.356 e. The Morgan fingerprint density at radius 2 is 2.07 bits per heavy atom. The van der Waals surface area contributed by atoms with Gasteiger partial charge in [0.2, 0.25) is 0 Å². The number of halogens is 1. The van der Waals surface area contributed by atoms with Crippen molar-refractivity contribution in [2.75, 3.05) is 25.0 Å². The Labute approximate surface area is 184 Å². The van der Waals surface area contributed by atoms with E-state index in [0.717, 1.165) is 43.3 Å². The minimum absolute atomic E-state index is 0. The van der Waals surface area contributed by atoms with Crippen LogP contribution in [0, 0.1) is 18.3 Å². The standard InChI is InChI=1S/C21H26N6.HI/c1-16-6-7-20(24-14-16)27-10-8-19(9-11-27)26-21(23-2)25-15-18-5-3-4-17(12-18)13-22;/h3-7,12,14,19H,8-11,15H2,1-2H3,(H2,23,25,26);1H. The first-order valence-electron chi connectivity index (χ1n) is 9.32. The molecule has 0 saturated carbocycles. The van der Waals surface area contributed by atoms with Gasteiger partial charge < -0.3 is 15.5 Å². The lowest BCUT2D eigenvalue weighted by Crippen LogP contribution is -2.48. The number of piperidine rings is 1. The summed E-state index contributed by atoms with van der Waals surface area (Å²) in [6, 6.07) is 14.4. The molecule has 6 nitrogen and oxygen atoms in total. The minimum atomic E-state index is 0. The van der Waals surface area contributed by atoms with Crippen molar-refractivity contribution in [3.05, 3.63) is 59.3 Å². The number of aliphatic imine (C=N–C) groups is 1. The number of hydrogen-bond donors (Lipinski definition) is 2. The first kappa shape index (κ1) is 22.0. The van der Waals surface area contributed by atoms with Gasteiger partial charge in [-0.3, -0.25) is 4.99 Å². The molecule has 7 heteroatoms. The van der Waals surface area contributed by atoms with Gasteiger partial charge in [0.05, 0.1) is 11.6 Å². The molecule has 1 aliphatic heterocycles. The molecule has 0 radical (unpaired) electrons. The summed E-state index contributed by atoms with van der Waals surface area (Å²) in [6.45, 7) is 4.66. The first-order valence-corrected chi connectivity index (χ1v) is 9.32. The van der Waals surface area contributed by atoms with Crippen molar-refractivity contribution in [2.24, 2.45) is 4.99 Å². The van der Waals surface area contributed by atoms with Crippen molar-refractivity contribution in [2.45, 2.75) is 32.4 Å². The van der Waals surface area contributed by atoms with E-state index in [2.05, 4.69) is 50.6 Å². The molecule has 0 amide bonds. The Morgan fingerprint density at radius 1 is 1.29 bits per heavy atom. The van der Waals surface area contributed by atoms with Gasteiger partial charge in [-0.1, -0.05) is 18.2 Å². The Hall–Kier alpha value is -2.34. The third kappa shape index (κ3) is 6.09. The van der Waals surface area contributed by atoms with Crippen molar-refractivity contribution in [1.29, 1.82) is 5.26 Å². The molecule has 0 bridgehead atoms. The number of anilines is 1. The summed E-state index contributed by atoms with van der Waals surface area (Å²) in [4.78, 5) is 11.2. The maximum Gasteiger partial charge on any atom is 0.191 e. The maximum absolute atomic E-state index is 9.00. The second-order valence-electron chi connectivity index (χ2n) is 6.84. The topological polar surface area (TPSA) is 76.3 Å². The molecular weight excluding hydrogens is 463 g/mol. The molecule has 2 N–H and O–H groups in total. The van der Waals surface area contributed by atoms with E-state index in [9.17, 15) is 0 Å². The zero-order valence-corrected chi connectivity index (χ0v) is 18.7. The van der Waals surface area contributed by atoms with Crippen LogP contribution in [-0.2, 0) is 6.54 Å². The fraction of sp³-hybridized carbons (Fsp3) is 0.381. The van der Waals surface area contributed by atoms with Gasteiger partial charge in [0.1, 0.15) is 5.82 Å². The summed E-state index contributed by atoms with van der Waals surface area (Å²) in [5.41, 5.74) is 2.93. The molecule has 1 saturated heterocycles. The lowest BCUT2D eigenvalue weighted by Gasteiger charge is -2.33. The Balaban J connectivity index is 0.00000280. The number of nitriles is 1. The number of nitrogens with one attached hydrogen (secondary N) is 2. The van der Waals surface area contributed by atoms with Gasteiger partial charge in [-0.25, -0.2) is 4.98 Å². The van der Waals surface area contributed by atoms with E-state index in [1.165, 1.54) is 5.56 Å². The Morgan fingerprint density at radius 3 is 2.71 bits per heavy atom. The summed E-state index contributed by atoms with van der Waals surface area (Å²) in [6.07, 6.45) is 4.01. The zero-order chi connectivity index (χ0) is 19.1. The number of nitrogens with zero attached hydrogens (tertiary/aromatic N) is 4. The number of benzene rings is 1. The zero-order valence-electron chi connectivity index (χ0n) is 16.4. The van der Waals surface area contributed by atoms with E-state index >= 15 is 0 Å². The molecule has 1 aromatic heterocycles. The molecular formula is C21H27IN6. The summed E-state index contributed by atoms with van der Waals surface area (Å²) in [5, 5.41) is 15.9. The summed E-state index contributed by atoms with van der Waals surface area (Å²) in [7, 11) is 1.78. The lowest BCUT2D eigenvalue weighted by molar-refractivity contribution is 0.459. The molecule has 2 heterocycles. The average molecular weight is 490 g/mol. The van der Waals surface area contributed by atoms with Crippen LogP contribution in [0.1, 0.15) is 29.5 Å². The quantitative estimate of drug-likeness (QED) is 0.391. The number of hydrogen-bond acceptors (Lipinski definition) is 4. The highest BCUT2D eigenvalue weighted by atomic mass is 127. The predicted octanol–water partition coefficient (Wildman–Crippen LogP) is 3.21. The number of guanidine groups is 1. The van der Waals surface area contributed by atoms with Crippen molar-refractivity contribution in [3.63, 3.8) is 0 Å². The number of rotatable bonds is 4. The highest BCUT2D eigenvalue weighted by molar-refractivity contribution is 14.0. The summed E-state index contributed by atoms with van der Waals surface area (Å²) >= 11 is 0. The molecule has 0 aliphatic carbocycles. The van der Waals surface area contributed by atoms with E-state index in [4.69, 9.17) is 5.26 Å². The van der Waals surface area contributed by atoms with E-state index in [1.54, 1.807) is 7.05 Å². The van der Waals surface area contributed by atoms with Crippen molar-refractivity contribution in [3.8, 4) is 6.07 Å². The molecule has 3 rings (SSSR count). The van der Waals surface area contributed by atoms with Crippen LogP contribution in [0.25, 0.3) is 0 Å². The maximum atomic E-state index is 9.00. The smallest absolute Gasteiger partial charge is 0.191 e. The highest BCUT2D eigenvalue weighted by Gasteiger charge is 2.20. The van der Waals surface area contributed by atoms with Crippen LogP contribution >= 0.6 is 24.0 Å². The summed E-state index contributed by atoms with van der Waals surface area (Å²) in [5.74, 6) is 1.85. The Kier molecular flexibility index (Phi) is 8.51. The number of aromatic nitrogens is 1. The van der Waals surface area contributed by atoms with E-state index in [-0.39, 0.29) is 24.0 Å². The van der Waals surface area contributed by atoms with Crippen molar-refractivity contribution < 1.29 is 0 Å². The van der Waals surface area contributed by atoms with E-state index < -0.39 is 0 Å². The first-order chi connectivity index (χ1) is 13.2. The van der Waals surface area contributed by atoms with Crippen molar-refractivity contribution in [1.82, 2.24) is 15.6 Å². The Bertz CT molecular complexity index is 820. The molecule has 0 unspecified atom stereocenters. The van der Waals surface area contributed by atoms with Crippen molar-refractivity contribution >= 4 is 35.8 Å². The normalized spacial score (nSPS) is 14.8. The van der Waals surface area contributed by atoms with Crippen LogP contribution in [0.4, 0.5) is 5.82 Å². The molecule has 1 fully saturated rings. The average Bonchev–Trinajstić information content (AvgIpc) is 2.72. The van der Waals surface area contributed by atoms with Gasteiger partial charge in [-0.15, -0.1) is 24.0 Å². The highest BCUT2D eigenvalue weighted by Crippen LogP contribution is 2.18. The minimum Gasteiger partial charge on any atom is -0.356 e. The van der Waals surface area contributed by atoms with Crippen LogP contribution in [0.2, 0.25) is 0 Å². The predicted molar refractivity (Wildman–Crippen MR) is 124 cm³/mol. The monoisotopic (exact) mass is 490 g/mol. The molecule has 148 valence electrons. The third-order valence-electron chi connectivity index (χ3n) is 4.80. The van der Waals surface area contributed by atoms with Gasteiger partial charge in [0, 0.05) is 38.9 Å². The SMILES string of the molecule is CN=C(NCc1cccc(C#N)c1)NC1CCN(c2ccc(C)cn2)CC1.I. The van der Waals surface area contributed by atoms with Gasteiger partial charge in [-0.2, -0.15) is 5.26 Å². The van der Waals surface area contributed by atoms with Crippen LogP contribution in [-0.4, -0.2) is 37.1 Å². The lowest BCUT2D eigenvalue weighted by atomic mass is 10.1. The van der Waals surface area contributed by atoms with Crippen LogP contribution in [0.5, 0.6) is 0 Å². The van der Waals surface area contributed by atoms with Gasteiger partial charge >= 0.3 is 0 Å². The van der Waals surface area contributed by atoms with Crippen LogP contribution < -0.4 is 15.5 Å². The van der Waals surface area contributed by atoms with Crippen LogP contribution in [0.3, 0.4) is 0 Å². The molecule has 0 atom stereocenters. The fourth-order valence-corrected chi connectivity index (χ4v) is 3.22. The van der Waals surface area contributed by atoms with E-state index in [1.807, 2.05) is 30.5 Å². The fourth-order valence-electron chi connectivity index (χ4n) is 3.22. The molecule has 0 spiro atoms. The van der Waals surface area contributed by atoms with Gasteiger partial charge in [-0.05, 0) is 49.1 Å². The summed E-state index contributed by atoms with van der Waals surface area (Å²) < 4.78 is 0. The van der Waals surface area contributed by atoms with E-state index in [0.29, 0.717) is 18.2 Å². The second-order valence-corrected chi connectivity index (χ2v) is 6.84. The third-order valence-corrected chi connectivity index (χ3v) is 4.80. The molecule has 2 aromatic rings.